The van der Waals surface area contributed by atoms with Gasteiger partial charge in [-0.05, 0) is 61.6 Å². The quantitative estimate of drug-likeness (QED) is 0.648. The summed E-state index contributed by atoms with van der Waals surface area (Å²) in [6.07, 6.45) is 4.53. The van der Waals surface area contributed by atoms with Gasteiger partial charge in [-0.15, -0.1) is 0 Å². The van der Waals surface area contributed by atoms with Gasteiger partial charge < -0.3 is 15.5 Å². The van der Waals surface area contributed by atoms with Crippen LogP contribution in [-0.4, -0.2) is 56.2 Å². The Morgan fingerprint density at radius 1 is 1.19 bits per heavy atom. The molecule has 2 fully saturated rings. The second-order valence-electron chi connectivity index (χ2n) is 9.42. The number of urea groups is 1. The standard InChI is InChI=1S/C23H32N4O4S/c1-16(2)14-20(21(28)26-23(15-24)10-11-23)25-22(29)27-12-8-18(9-13-27)17-4-6-19(7-5-17)32(3,30)31/h4-7,16,18,20H,8-14H2,1-3H3,(H,25,29)(H,26,28). The molecule has 2 aliphatic rings. The van der Waals surface area contributed by atoms with Crippen molar-refractivity contribution in [3.63, 3.8) is 0 Å². The first kappa shape index (κ1) is 24.1. The number of nitrogens with one attached hydrogen (secondary N) is 2. The Bertz CT molecular complexity index is 986. The van der Waals surface area contributed by atoms with Gasteiger partial charge >= 0.3 is 6.03 Å². The molecule has 174 valence electrons. The zero-order valence-electron chi connectivity index (χ0n) is 18.9. The van der Waals surface area contributed by atoms with Gasteiger partial charge in [-0.3, -0.25) is 4.79 Å². The van der Waals surface area contributed by atoms with Crippen molar-refractivity contribution in [1.29, 1.82) is 5.26 Å². The molecule has 9 heteroatoms. The number of piperidine rings is 1. The van der Waals surface area contributed by atoms with E-state index in [9.17, 15) is 23.3 Å². The van der Waals surface area contributed by atoms with E-state index in [1.54, 1.807) is 17.0 Å². The lowest BCUT2D eigenvalue weighted by molar-refractivity contribution is -0.124. The van der Waals surface area contributed by atoms with Gasteiger partial charge in [0.2, 0.25) is 5.91 Å². The number of nitrogens with zero attached hydrogens (tertiary/aromatic N) is 2. The first-order valence-electron chi connectivity index (χ1n) is 11.1. The maximum atomic E-state index is 12.8. The minimum atomic E-state index is -3.22. The fourth-order valence-corrected chi connectivity index (χ4v) is 4.69. The van der Waals surface area contributed by atoms with E-state index in [0.29, 0.717) is 37.2 Å². The highest BCUT2D eigenvalue weighted by atomic mass is 32.2. The first-order valence-corrected chi connectivity index (χ1v) is 13.0. The molecule has 0 spiro atoms. The van der Waals surface area contributed by atoms with E-state index in [1.807, 2.05) is 26.0 Å². The summed E-state index contributed by atoms with van der Waals surface area (Å²) in [5, 5.41) is 14.9. The van der Waals surface area contributed by atoms with Crippen LogP contribution >= 0.6 is 0 Å². The Hall–Kier alpha value is -2.60. The molecule has 2 N–H and O–H groups in total. The number of carbonyl (C=O) groups is 2. The average Bonchev–Trinajstić information content (AvgIpc) is 3.52. The lowest BCUT2D eigenvalue weighted by atomic mass is 9.89. The molecule has 3 rings (SSSR count). The van der Waals surface area contributed by atoms with Crippen LogP contribution in [0.1, 0.15) is 57.4 Å². The number of hydrogen-bond donors (Lipinski definition) is 2. The summed E-state index contributed by atoms with van der Waals surface area (Å²) in [6, 6.07) is 8.18. The highest BCUT2D eigenvalue weighted by molar-refractivity contribution is 7.90. The monoisotopic (exact) mass is 460 g/mol. The fourth-order valence-electron chi connectivity index (χ4n) is 4.06. The van der Waals surface area contributed by atoms with Gasteiger partial charge in [0.05, 0.1) is 11.0 Å². The molecule has 0 radical (unpaired) electrons. The van der Waals surface area contributed by atoms with E-state index < -0.39 is 21.4 Å². The summed E-state index contributed by atoms with van der Waals surface area (Å²) in [7, 11) is -3.22. The molecule has 1 saturated heterocycles. The number of rotatable bonds is 7. The molecule has 8 nitrogen and oxygen atoms in total. The Balaban J connectivity index is 1.56. The maximum absolute atomic E-state index is 12.8. The molecule has 1 aliphatic heterocycles. The maximum Gasteiger partial charge on any atom is 0.318 e. The number of benzene rings is 1. The summed E-state index contributed by atoms with van der Waals surface area (Å²) in [5.74, 6) is 0.170. The van der Waals surface area contributed by atoms with Crippen molar-refractivity contribution in [3.05, 3.63) is 29.8 Å². The highest BCUT2D eigenvalue weighted by Gasteiger charge is 2.45. The van der Waals surface area contributed by atoms with Gasteiger partial charge in [-0.25, -0.2) is 13.2 Å². The summed E-state index contributed by atoms with van der Waals surface area (Å²) in [6.45, 7) is 5.10. The molecule has 1 aromatic carbocycles. The van der Waals surface area contributed by atoms with Crippen LogP contribution in [0.2, 0.25) is 0 Å². The SMILES string of the molecule is CC(C)CC(NC(=O)N1CCC(c2ccc(S(C)(=O)=O)cc2)CC1)C(=O)NC1(C#N)CC1. The van der Waals surface area contributed by atoms with Gasteiger partial charge in [-0.1, -0.05) is 26.0 Å². The molecule has 1 saturated carbocycles. The van der Waals surface area contributed by atoms with Crippen LogP contribution in [0.15, 0.2) is 29.2 Å². The molecule has 1 aromatic rings. The van der Waals surface area contributed by atoms with E-state index in [2.05, 4.69) is 16.7 Å². The van der Waals surface area contributed by atoms with Crippen molar-refractivity contribution in [3.8, 4) is 6.07 Å². The van der Waals surface area contributed by atoms with Crippen LogP contribution in [0.5, 0.6) is 0 Å². The number of nitriles is 1. The van der Waals surface area contributed by atoms with Gasteiger partial charge in [0, 0.05) is 19.3 Å². The molecule has 1 heterocycles. The predicted molar refractivity (Wildman–Crippen MR) is 121 cm³/mol. The zero-order chi connectivity index (χ0) is 23.5. The highest BCUT2D eigenvalue weighted by Crippen LogP contribution is 2.34. The van der Waals surface area contributed by atoms with E-state index in [1.165, 1.54) is 6.26 Å². The molecule has 1 aliphatic carbocycles. The van der Waals surface area contributed by atoms with E-state index in [-0.39, 0.29) is 23.8 Å². The second-order valence-corrected chi connectivity index (χ2v) is 11.4. The first-order chi connectivity index (χ1) is 15.0. The smallest absolute Gasteiger partial charge is 0.318 e. The predicted octanol–water partition coefficient (Wildman–Crippen LogP) is 2.57. The van der Waals surface area contributed by atoms with Crippen molar-refractivity contribution in [2.75, 3.05) is 19.3 Å². The third kappa shape index (κ3) is 6.00. The van der Waals surface area contributed by atoms with Gasteiger partial charge in [0.15, 0.2) is 9.84 Å². The van der Waals surface area contributed by atoms with Crippen LogP contribution in [-0.2, 0) is 14.6 Å². The second kappa shape index (κ2) is 9.49. The van der Waals surface area contributed by atoms with E-state index in [4.69, 9.17) is 0 Å². The molecule has 32 heavy (non-hydrogen) atoms. The number of likely N-dealkylation sites (tertiary alicyclic amines) is 1. The summed E-state index contributed by atoms with van der Waals surface area (Å²) in [4.78, 5) is 27.6. The summed E-state index contributed by atoms with van der Waals surface area (Å²) < 4.78 is 23.3. The lowest BCUT2D eigenvalue weighted by Crippen LogP contribution is -2.54. The molecule has 3 amide bonds. The zero-order valence-corrected chi connectivity index (χ0v) is 19.7. The van der Waals surface area contributed by atoms with Crippen LogP contribution in [0.25, 0.3) is 0 Å². The largest absolute Gasteiger partial charge is 0.336 e. The van der Waals surface area contributed by atoms with Crippen LogP contribution < -0.4 is 10.6 Å². The van der Waals surface area contributed by atoms with Crippen LogP contribution in [0, 0.1) is 17.2 Å². The molecular formula is C23H32N4O4S. The van der Waals surface area contributed by atoms with E-state index in [0.717, 1.165) is 18.4 Å². The summed E-state index contributed by atoms with van der Waals surface area (Å²) in [5.41, 5.74) is 0.308. The Kier molecular flexibility index (Phi) is 7.13. The number of hydrogen-bond acceptors (Lipinski definition) is 5. The minimum Gasteiger partial charge on any atom is -0.336 e. The number of amides is 3. The van der Waals surface area contributed by atoms with Gasteiger partial charge in [0.1, 0.15) is 11.6 Å². The summed E-state index contributed by atoms with van der Waals surface area (Å²) >= 11 is 0. The minimum absolute atomic E-state index is 0.212. The molecule has 0 bridgehead atoms. The van der Waals surface area contributed by atoms with Gasteiger partial charge in [-0.2, -0.15) is 5.26 Å². The Morgan fingerprint density at radius 2 is 1.78 bits per heavy atom. The van der Waals surface area contributed by atoms with Crippen molar-refractivity contribution in [1.82, 2.24) is 15.5 Å². The van der Waals surface area contributed by atoms with Gasteiger partial charge in [0.25, 0.3) is 0 Å². The topological polar surface area (TPSA) is 119 Å². The number of carbonyl (C=O) groups excluding carboxylic acids is 2. The third-order valence-electron chi connectivity index (χ3n) is 6.21. The fraction of sp³-hybridized carbons (Fsp3) is 0.609. The average molecular weight is 461 g/mol. The van der Waals surface area contributed by atoms with Crippen molar-refractivity contribution in [2.45, 2.75) is 68.3 Å². The van der Waals surface area contributed by atoms with Crippen LogP contribution in [0.3, 0.4) is 0 Å². The molecule has 1 atom stereocenters. The van der Waals surface area contributed by atoms with Crippen LogP contribution in [0.4, 0.5) is 4.79 Å². The van der Waals surface area contributed by atoms with E-state index >= 15 is 0 Å². The normalized spacial score (nSPS) is 19.2. The molecule has 1 unspecified atom stereocenters. The Morgan fingerprint density at radius 3 is 2.25 bits per heavy atom. The number of sulfone groups is 1. The molecule has 0 aromatic heterocycles. The lowest BCUT2D eigenvalue weighted by Gasteiger charge is -2.33. The van der Waals surface area contributed by atoms with Crippen molar-refractivity contribution >= 4 is 21.8 Å². The van der Waals surface area contributed by atoms with Crippen molar-refractivity contribution in [2.24, 2.45) is 5.92 Å². The third-order valence-corrected chi connectivity index (χ3v) is 7.34. The van der Waals surface area contributed by atoms with Crippen molar-refractivity contribution < 1.29 is 18.0 Å². The molecular weight excluding hydrogens is 428 g/mol. The Labute approximate surface area is 190 Å².